The number of anilines is 1. The van der Waals surface area contributed by atoms with E-state index in [-0.39, 0.29) is 12.0 Å². The van der Waals surface area contributed by atoms with Crippen molar-refractivity contribution in [1.82, 2.24) is 4.98 Å². The molecule has 5 nitrogen and oxygen atoms in total. The van der Waals surface area contributed by atoms with E-state index in [9.17, 15) is 4.79 Å². The van der Waals surface area contributed by atoms with E-state index in [1.165, 1.54) is 0 Å². The zero-order chi connectivity index (χ0) is 16.1. The van der Waals surface area contributed by atoms with Gasteiger partial charge in [0.25, 0.3) is 5.91 Å². The molecule has 1 fully saturated rings. The standard InChI is InChI=1S/C17H18N2O3S/c20-16(15-4-1-9-18-17(15)23)19-12-5-7-13(8-6-12)22-11-14-3-2-10-21-14/h1,4-9,14H,2-3,10-11H2,(H,18,23)(H,19,20). The van der Waals surface area contributed by atoms with Gasteiger partial charge >= 0.3 is 0 Å². The smallest absolute Gasteiger partial charge is 0.258 e. The molecule has 1 atom stereocenters. The maximum absolute atomic E-state index is 12.2. The molecule has 6 heteroatoms. The van der Waals surface area contributed by atoms with Gasteiger partial charge < -0.3 is 19.8 Å². The van der Waals surface area contributed by atoms with E-state index in [1.54, 1.807) is 30.5 Å². The van der Waals surface area contributed by atoms with Gasteiger partial charge in [0, 0.05) is 18.5 Å². The number of rotatable bonds is 5. The van der Waals surface area contributed by atoms with Crippen LogP contribution in [0.2, 0.25) is 0 Å². The van der Waals surface area contributed by atoms with E-state index in [4.69, 9.17) is 21.7 Å². The number of aromatic amines is 1. The van der Waals surface area contributed by atoms with Gasteiger partial charge in [0.2, 0.25) is 0 Å². The summed E-state index contributed by atoms with van der Waals surface area (Å²) >= 11 is 5.10. The normalized spacial score (nSPS) is 17.0. The van der Waals surface area contributed by atoms with Crippen LogP contribution in [0.1, 0.15) is 23.2 Å². The molecule has 2 N–H and O–H groups in total. The molecule has 0 saturated carbocycles. The minimum Gasteiger partial charge on any atom is -0.491 e. The first-order valence-corrected chi connectivity index (χ1v) is 7.97. The number of H-pyrrole nitrogens is 1. The number of hydrogen-bond acceptors (Lipinski definition) is 4. The third-order valence-electron chi connectivity index (χ3n) is 3.63. The molecule has 0 aliphatic carbocycles. The van der Waals surface area contributed by atoms with E-state index >= 15 is 0 Å². The van der Waals surface area contributed by atoms with Gasteiger partial charge in [0.05, 0.1) is 11.7 Å². The molecule has 23 heavy (non-hydrogen) atoms. The first-order valence-electron chi connectivity index (χ1n) is 7.56. The number of carbonyl (C=O) groups is 1. The maximum atomic E-state index is 12.2. The van der Waals surface area contributed by atoms with E-state index in [2.05, 4.69) is 10.3 Å². The lowest BCUT2D eigenvalue weighted by Gasteiger charge is -2.12. The maximum Gasteiger partial charge on any atom is 0.258 e. The Morgan fingerprint density at radius 2 is 2.17 bits per heavy atom. The first kappa shape index (κ1) is 15.7. The van der Waals surface area contributed by atoms with Crippen molar-refractivity contribution in [3.05, 3.63) is 52.8 Å². The number of hydrogen-bond donors (Lipinski definition) is 2. The summed E-state index contributed by atoms with van der Waals surface area (Å²) in [5, 5.41) is 2.82. The molecule has 1 aliphatic rings. The van der Waals surface area contributed by atoms with E-state index in [0.29, 0.717) is 22.5 Å². The molecule has 120 valence electrons. The number of carbonyl (C=O) groups excluding carboxylic acids is 1. The third-order valence-corrected chi connectivity index (χ3v) is 3.97. The van der Waals surface area contributed by atoms with Crippen molar-refractivity contribution in [2.24, 2.45) is 0 Å². The van der Waals surface area contributed by atoms with Crippen LogP contribution in [0.5, 0.6) is 5.75 Å². The van der Waals surface area contributed by atoms with Crippen LogP contribution in [-0.4, -0.2) is 30.2 Å². The molecule has 0 spiro atoms. The molecule has 1 aliphatic heterocycles. The van der Waals surface area contributed by atoms with Gasteiger partial charge in [0.1, 0.15) is 17.0 Å². The van der Waals surface area contributed by atoms with E-state index < -0.39 is 0 Å². The summed E-state index contributed by atoms with van der Waals surface area (Å²) in [6.45, 7) is 1.38. The average Bonchev–Trinajstić information content (AvgIpc) is 3.08. The van der Waals surface area contributed by atoms with Gasteiger partial charge in [-0.05, 0) is 49.2 Å². The minimum absolute atomic E-state index is 0.189. The summed E-state index contributed by atoms with van der Waals surface area (Å²) in [6, 6.07) is 10.7. The topological polar surface area (TPSA) is 63.4 Å². The fourth-order valence-electron chi connectivity index (χ4n) is 2.40. The van der Waals surface area contributed by atoms with Crippen molar-refractivity contribution < 1.29 is 14.3 Å². The van der Waals surface area contributed by atoms with Crippen LogP contribution in [0.25, 0.3) is 0 Å². The van der Waals surface area contributed by atoms with Gasteiger partial charge in [0.15, 0.2) is 0 Å². The SMILES string of the molecule is O=C(Nc1ccc(OCC2CCCO2)cc1)c1ccc[nH]c1=S. The molecule has 1 amide bonds. The van der Waals surface area contributed by atoms with Crippen LogP contribution in [0.3, 0.4) is 0 Å². The van der Waals surface area contributed by atoms with Crippen molar-refractivity contribution >= 4 is 23.8 Å². The molecule has 0 radical (unpaired) electrons. The Morgan fingerprint density at radius 1 is 1.35 bits per heavy atom. The molecular formula is C17H18N2O3S. The Bertz CT molecular complexity index is 721. The van der Waals surface area contributed by atoms with Crippen LogP contribution >= 0.6 is 12.2 Å². The van der Waals surface area contributed by atoms with Crippen molar-refractivity contribution in [1.29, 1.82) is 0 Å². The fraction of sp³-hybridized carbons (Fsp3) is 0.294. The second-order valence-electron chi connectivity index (χ2n) is 5.34. The molecule has 1 aromatic carbocycles. The largest absolute Gasteiger partial charge is 0.491 e. The number of aromatic nitrogens is 1. The van der Waals surface area contributed by atoms with Crippen LogP contribution < -0.4 is 10.1 Å². The third kappa shape index (κ3) is 4.18. The van der Waals surface area contributed by atoms with Crippen LogP contribution in [0, 0.1) is 4.64 Å². The molecule has 0 bridgehead atoms. The number of amides is 1. The summed E-state index contributed by atoms with van der Waals surface area (Å²) in [5.74, 6) is 0.523. The minimum atomic E-state index is -0.236. The summed E-state index contributed by atoms with van der Waals surface area (Å²) in [7, 11) is 0. The Balaban J connectivity index is 1.57. The summed E-state index contributed by atoms with van der Waals surface area (Å²) in [5.41, 5.74) is 1.14. The number of pyridine rings is 1. The molecule has 1 unspecified atom stereocenters. The van der Waals surface area contributed by atoms with Crippen molar-refractivity contribution in [2.45, 2.75) is 18.9 Å². The summed E-state index contributed by atoms with van der Waals surface area (Å²) < 4.78 is 11.6. The van der Waals surface area contributed by atoms with E-state index in [0.717, 1.165) is 25.2 Å². The van der Waals surface area contributed by atoms with Gasteiger partial charge in [-0.2, -0.15) is 0 Å². The van der Waals surface area contributed by atoms with Gasteiger partial charge in [-0.15, -0.1) is 0 Å². The molecule has 2 aromatic rings. The highest BCUT2D eigenvalue weighted by atomic mass is 32.1. The van der Waals surface area contributed by atoms with E-state index in [1.807, 2.05) is 12.1 Å². The number of benzene rings is 1. The van der Waals surface area contributed by atoms with Gasteiger partial charge in [-0.25, -0.2) is 0 Å². The van der Waals surface area contributed by atoms with Gasteiger partial charge in [-0.1, -0.05) is 12.2 Å². The molecule has 3 rings (SSSR count). The quantitative estimate of drug-likeness (QED) is 0.823. The lowest BCUT2D eigenvalue weighted by atomic mass is 10.2. The Kier molecular flexibility index (Phi) is 5.05. The highest BCUT2D eigenvalue weighted by Gasteiger charge is 2.16. The van der Waals surface area contributed by atoms with Crippen molar-refractivity contribution in [3.8, 4) is 5.75 Å². The monoisotopic (exact) mass is 330 g/mol. The second kappa shape index (κ2) is 7.39. The predicted octanol–water partition coefficient (Wildman–Crippen LogP) is 3.55. The van der Waals surface area contributed by atoms with Crippen molar-refractivity contribution in [2.75, 3.05) is 18.5 Å². The highest BCUT2D eigenvalue weighted by molar-refractivity contribution is 7.71. The highest BCUT2D eigenvalue weighted by Crippen LogP contribution is 2.19. The zero-order valence-electron chi connectivity index (χ0n) is 12.6. The zero-order valence-corrected chi connectivity index (χ0v) is 13.4. The Labute approximate surface area is 139 Å². The Hall–Kier alpha value is -2.18. The molecule has 2 heterocycles. The Morgan fingerprint density at radius 3 is 2.87 bits per heavy atom. The lowest BCUT2D eigenvalue weighted by molar-refractivity contribution is 0.0679. The fourth-order valence-corrected chi connectivity index (χ4v) is 2.63. The first-order chi connectivity index (χ1) is 11.2. The molecule has 1 saturated heterocycles. The number of nitrogens with one attached hydrogen (secondary N) is 2. The average molecular weight is 330 g/mol. The predicted molar refractivity (Wildman–Crippen MR) is 90.5 cm³/mol. The van der Waals surface area contributed by atoms with Crippen LogP contribution in [0.4, 0.5) is 5.69 Å². The summed E-state index contributed by atoms with van der Waals surface area (Å²) in [4.78, 5) is 15.0. The van der Waals surface area contributed by atoms with Crippen molar-refractivity contribution in [3.63, 3.8) is 0 Å². The lowest BCUT2D eigenvalue weighted by Crippen LogP contribution is -2.16. The summed E-state index contributed by atoms with van der Waals surface area (Å²) in [6.07, 6.45) is 4.03. The number of ether oxygens (including phenoxy) is 2. The van der Waals surface area contributed by atoms with Crippen LogP contribution in [-0.2, 0) is 4.74 Å². The van der Waals surface area contributed by atoms with Crippen LogP contribution in [0.15, 0.2) is 42.6 Å². The van der Waals surface area contributed by atoms with Gasteiger partial charge in [-0.3, -0.25) is 4.79 Å². The molecule has 1 aromatic heterocycles. The second-order valence-corrected chi connectivity index (χ2v) is 5.75. The molecular weight excluding hydrogens is 312 g/mol.